The maximum absolute atomic E-state index is 12.8. The van der Waals surface area contributed by atoms with Gasteiger partial charge in [-0.2, -0.15) is 5.10 Å². The number of aromatic nitrogens is 2. The normalized spacial score (nSPS) is 10.8. The highest BCUT2D eigenvalue weighted by Crippen LogP contribution is 2.25. The molecule has 134 valence electrons. The minimum absolute atomic E-state index is 0.272. The van der Waals surface area contributed by atoms with E-state index in [4.69, 9.17) is 23.2 Å². The Kier molecular flexibility index (Phi) is 5.35. The third-order valence-electron chi connectivity index (χ3n) is 4.42. The predicted octanol–water partition coefficient (Wildman–Crippen LogP) is 5.42. The van der Waals surface area contributed by atoms with Crippen molar-refractivity contribution in [2.24, 2.45) is 0 Å². The van der Waals surface area contributed by atoms with E-state index in [-0.39, 0.29) is 5.91 Å². The number of carbonyl (C=O) groups excluding carboxylic acids is 1. The molecule has 0 saturated carbocycles. The van der Waals surface area contributed by atoms with E-state index in [2.05, 4.69) is 10.4 Å². The number of nitrogens with zero attached hydrogens (tertiary/aromatic N) is 2. The van der Waals surface area contributed by atoms with Crippen molar-refractivity contribution in [2.75, 3.05) is 5.32 Å². The molecule has 1 aromatic heterocycles. The Morgan fingerprint density at radius 1 is 1.08 bits per heavy atom. The van der Waals surface area contributed by atoms with Crippen LogP contribution in [-0.2, 0) is 6.54 Å². The van der Waals surface area contributed by atoms with Crippen molar-refractivity contribution in [3.8, 4) is 0 Å². The predicted molar refractivity (Wildman–Crippen MR) is 106 cm³/mol. The average molecular weight is 388 g/mol. The van der Waals surface area contributed by atoms with Gasteiger partial charge in [-0.15, -0.1) is 0 Å². The summed E-state index contributed by atoms with van der Waals surface area (Å²) < 4.78 is 1.59. The van der Waals surface area contributed by atoms with Crippen LogP contribution >= 0.6 is 23.2 Å². The molecular weight excluding hydrogens is 369 g/mol. The molecule has 1 heterocycles. The van der Waals surface area contributed by atoms with Crippen LogP contribution in [0.3, 0.4) is 0 Å². The molecule has 26 heavy (non-hydrogen) atoms. The van der Waals surface area contributed by atoms with E-state index < -0.39 is 0 Å². The lowest BCUT2D eigenvalue weighted by Gasteiger charge is -2.10. The third-order valence-corrected chi connectivity index (χ3v) is 5.18. The van der Waals surface area contributed by atoms with E-state index in [1.807, 2.05) is 56.3 Å². The maximum Gasteiger partial charge on any atom is 0.260 e. The standard InChI is InChI=1S/C20H19Cl2N3O/c1-12-7-6-10-17(13(12)2)23-20(26)18-14(3)24-25(19(18)22)11-15-8-4-5-9-16(15)21/h4-10H,11H2,1-3H3,(H,23,26). The van der Waals surface area contributed by atoms with Gasteiger partial charge in [-0.25, -0.2) is 4.68 Å². The van der Waals surface area contributed by atoms with E-state index in [0.29, 0.717) is 28.0 Å². The van der Waals surface area contributed by atoms with Crippen LogP contribution in [0.15, 0.2) is 42.5 Å². The van der Waals surface area contributed by atoms with E-state index >= 15 is 0 Å². The quantitative estimate of drug-likeness (QED) is 0.649. The van der Waals surface area contributed by atoms with E-state index in [0.717, 1.165) is 22.4 Å². The second-order valence-electron chi connectivity index (χ2n) is 6.20. The van der Waals surface area contributed by atoms with E-state index in [1.165, 1.54) is 0 Å². The zero-order valence-electron chi connectivity index (χ0n) is 14.8. The topological polar surface area (TPSA) is 46.9 Å². The Hall–Kier alpha value is -2.30. The summed E-state index contributed by atoms with van der Waals surface area (Å²) in [5, 5.41) is 8.28. The first-order valence-electron chi connectivity index (χ1n) is 8.22. The minimum atomic E-state index is -0.272. The first kappa shape index (κ1) is 18.5. The Bertz CT molecular complexity index is 979. The number of aryl methyl sites for hydroxylation is 2. The summed E-state index contributed by atoms with van der Waals surface area (Å²) in [5.74, 6) is -0.272. The molecule has 0 aliphatic heterocycles. The fourth-order valence-electron chi connectivity index (χ4n) is 2.78. The van der Waals surface area contributed by atoms with Gasteiger partial charge in [0.2, 0.25) is 0 Å². The van der Waals surface area contributed by atoms with Crippen LogP contribution in [0.25, 0.3) is 0 Å². The molecule has 0 aliphatic rings. The number of hydrogen-bond acceptors (Lipinski definition) is 2. The Morgan fingerprint density at radius 2 is 1.81 bits per heavy atom. The van der Waals surface area contributed by atoms with Gasteiger partial charge in [-0.3, -0.25) is 4.79 Å². The molecule has 0 bridgehead atoms. The second-order valence-corrected chi connectivity index (χ2v) is 6.97. The van der Waals surface area contributed by atoms with Crippen LogP contribution in [0.5, 0.6) is 0 Å². The van der Waals surface area contributed by atoms with Crippen molar-refractivity contribution < 1.29 is 4.79 Å². The van der Waals surface area contributed by atoms with Crippen molar-refractivity contribution >= 4 is 34.8 Å². The summed E-state index contributed by atoms with van der Waals surface area (Å²) in [7, 11) is 0. The van der Waals surface area contributed by atoms with Gasteiger partial charge in [0.25, 0.3) is 5.91 Å². The number of benzene rings is 2. The van der Waals surface area contributed by atoms with E-state index in [9.17, 15) is 4.79 Å². The van der Waals surface area contributed by atoms with Crippen LogP contribution in [0.1, 0.15) is 32.7 Å². The highest BCUT2D eigenvalue weighted by Gasteiger charge is 2.21. The molecule has 0 fully saturated rings. The fourth-order valence-corrected chi connectivity index (χ4v) is 3.29. The molecule has 0 saturated heterocycles. The number of amides is 1. The van der Waals surface area contributed by atoms with E-state index in [1.54, 1.807) is 11.6 Å². The molecule has 1 amide bonds. The molecule has 6 heteroatoms. The molecule has 0 spiro atoms. The largest absolute Gasteiger partial charge is 0.322 e. The van der Waals surface area contributed by atoms with Crippen LogP contribution in [0, 0.1) is 20.8 Å². The number of rotatable bonds is 4. The average Bonchev–Trinajstić information content (AvgIpc) is 2.88. The molecule has 3 rings (SSSR count). The fraction of sp³-hybridized carbons (Fsp3) is 0.200. The molecule has 0 radical (unpaired) electrons. The molecule has 3 aromatic rings. The van der Waals surface area contributed by atoms with Crippen molar-refractivity contribution in [2.45, 2.75) is 27.3 Å². The Labute approximate surface area is 162 Å². The first-order chi connectivity index (χ1) is 12.4. The monoisotopic (exact) mass is 387 g/mol. The molecule has 2 aromatic carbocycles. The summed E-state index contributed by atoms with van der Waals surface area (Å²) in [6, 6.07) is 13.3. The second kappa shape index (κ2) is 7.52. The number of anilines is 1. The van der Waals surface area contributed by atoms with Crippen molar-refractivity contribution in [3.05, 3.63) is 80.6 Å². The Morgan fingerprint density at radius 3 is 2.54 bits per heavy atom. The summed E-state index contributed by atoms with van der Waals surface area (Å²) >= 11 is 12.7. The van der Waals surface area contributed by atoms with Crippen molar-refractivity contribution in [1.29, 1.82) is 0 Å². The zero-order chi connectivity index (χ0) is 18.8. The van der Waals surface area contributed by atoms with Crippen LogP contribution in [-0.4, -0.2) is 15.7 Å². The third kappa shape index (κ3) is 3.62. The zero-order valence-corrected chi connectivity index (χ0v) is 16.3. The lowest BCUT2D eigenvalue weighted by molar-refractivity contribution is 0.102. The van der Waals surface area contributed by atoms with Gasteiger partial charge in [0.15, 0.2) is 0 Å². The number of hydrogen-bond donors (Lipinski definition) is 1. The molecule has 0 unspecified atom stereocenters. The number of nitrogens with one attached hydrogen (secondary N) is 1. The van der Waals surface area contributed by atoms with Crippen LogP contribution in [0.2, 0.25) is 10.2 Å². The number of carbonyl (C=O) groups is 1. The molecular formula is C20H19Cl2N3O. The van der Waals surface area contributed by atoms with Crippen LogP contribution < -0.4 is 5.32 Å². The first-order valence-corrected chi connectivity index (χ1v) is 8.98. The summed E-state index contributed by atoms with van der Waals surface area (Å²) in [6.07, 6.45) is 0. The molecule has 0 aliphatic carbocycles. The molecule has 0 atom stereocenters. The van der Waals surface area contributed by atoms with Crippen molar-refractivity contribution in [3.63, 3.8) is 0 Å². The Balaban J connectivity index is 1.89. The highest BCUT2D eigenvalue weighted by atomic mass is 35.5. The summed E-state index contributed by atoms with van der Waals surface area (Å²) in [5.41, 5.74) is 4.74. The van der Waals surface area contributed by atoms with Gasteiger partial charge < -0.3 is 5.32 Å². The summed E-state index contributed by atoms with van der Waals surface area (Å²) in [6.45, 7) is 6.15. The van der Waals surface area contributed by atoms with Gasteiger partial charge in [0.1, 0.15) is 5.15 Å². The van der Waals surface area contributed by atoms with Crippen molar-refractivity contribution in [1.82, 2.24) is 9.78 Å². The lowest BCUT2D eigenvalue weighted by Crippen LogP contribution is -2.14. The molecule has 4 nitrogen and oxygen atoms in total. The summed E-state index contributed by atoms with van der Waals surface area (Å²) in [4.78, 5) is 12.8. The smallest absolute Gasteiger partial charge is 0.260 e. The van der Waals surface area contributed by atoms with Gasteiger partial charge in [-0.05, 0) is 49.6 Å². The van der Waals surface area contributed by atoms with Gasteiger partial charge in [0, 0.05) is 10.7 Å². The lowest BCUT2D eigenvalue weighted by atomic mass is 10.1. The van der Waals surface area contributed by atoms with Crippen LogP contribution in [0.4, 0.5) is 5.69 Å². The maximum atomic E-state index is 12.8. The van der Waals surface area contributed by atoms with Gasteiger partial charge in [-0.1, -0.05) is 53.5 Å². The number of halogens is 2. The van der Waals surface area contributed by atoms with Gasteiger partial charge in [0.05, 0.1) is 17.8 Å². The highest BCUT2D eigenvalue weighted by molar-refractivity contribution is 6.34. The molecule has 1 N–H and O–H groups in total. The van der Waals surface area contributed by atoms with Gasteiger partial charge >= 0.3 is 0 Å². The SMILES string of the molecule is Cc1cccc(NC(=O)c2c(C)nn(Cc3ccccc3Cl)c2Cl)c1C. The minimum Gasteiger partial charge on any atom is -0.322 e.